The molecule has 0 aromatic carbocycles. The van der Waals surface area contributed by atoms with Gasteiger partial charge in [-0.15, -0.1) is 11.6 Å². The molecule has 0 aromatic heterocycles. The lowest BCUT2D eigenvalue weighted by molar-refractivity contribution is -0.153. The highest BCUT2D eigenvalue weighted by Crippen LogP contribution is 2.18. The Balaban J connectivity index is 2.65. The Kier molecular flexibility index (Phi) is 5.25. The van der Waals surface area contributed by atoms with Gasteiger partial charge in [-0.1, -0.05) is 0 Å². The number of esters is 1. The third-order valence-electron chi connectivity index (χ3n) is 2.12. The van der Waals surface area contributed by atoms with Gasteiger partial charge < -0.3 is 9.64 Å². The fourth-order valence-corrected chi connectivity index (χ4v) is 2.60. The number of carbonyl (C=O) groups excluding carboxylic acids is 2. The number of ether oxygens (including phenoxy) is 1. The van der Waals surface area contributed by atoms with Crippen molar-refractivity contribution in [2.24, 2.45) is 0 Å². The monoisotopic (exact) mass is 251 g/mol. The van der Waals surface area contributed by atoms with E-state index in [2.05, 4.69) is 0 Å². The minimum absolute atomic E-state index is 0.0828. The lowest BCUT2D eigenvalue weighted by Gasteiger charge is -2.33. The first-order valence-electron chi connectivity index (χ1n) is 4.80. The Labute approximate surface area is 98.3 Å². The second-order valence-electron chi connectivity index (χ2n) is 3.06. The molecule has 1 amide bonds. The van der Waals surface area contributed by atoms with Gasteiger partial charge in [0.1, 0.15) is 11.9 Å². The van der Waals surface area contributed by atoms with Crippen LogP contribution in [0.4, 0.5) is 0 Å². The second kappa shape index (κ2) is 6.23. The van der Waals surface area contributed by atoms with Crippen molar-refractivity contribution in [2.45, 2.75) is 13.0 Å². The molecule has 0 aromatic rings. The minimum atomic E-state index is -0.463. The first kappa shape index (κ1) is 12.6. The molecular formula is C9H14ClNO3S. The van der Waals surface area contributed by atoms with Gasteiger partial charge in [0, 0.05) is 18.1 Å². The van der Waals surface area contributed by atoms with Crippen LogP contribution in [0, 0.1) is 0 Å². The molecule has 0 saturated carbocycles. The van der Waals surface area contributed by atoms with Gasteiger partial charge in [-0.2, -0.15) is 11.8 Å². The molecule has 15 heavy (non-hydrogen) atoms. The molecule has 4 nitrogen and oxygen atoms in total. The maximum atomic E-state index is 11.6. The number of hydrogen-bond donors (Lipinski definition) is 0. The Morgan fingerprint density at radius 3 is 2.93 bits per heavy atom. The lowest BCUT2D eigenvalue weighted by Crippen LogP contribution is -2.51. The highest BCUT2D eigenvalue weighted by molar-refractivity contribution is 7.99. The summed E-state index contributed by atoms with van der Waals surface area (Å²) in [5.74, 6) is 0.832. The molecular weight excluding hydrogens is 238 g/mol. The number of rotatable bonds is 3. The van der Waals surface area contributed by atoms with Crippen molar-refractivity contribution < 1.29 is 14.3 Å². The number of thioether (sulfide) groups is 1. The van der Waals surface area contributed by atoms with Crippen LogP contribution in [0.3, 0.4) is 0 Å². The van der Waals surface area contributed by atoms with Crippen molar-refractivity contribution in [3.63, 3.8) is 0 Å². The molecule has 1 aliphatic rings. The molecule has 0 spiro atoms. The fourth-order valence-electron chi connectivity index (χ4n) is 1.41. The largest absolute Gasteiger partial charge is 0.464 e. The zero-order chi connectivity index (χ0) is 11.3. The summed E-state index contributed by atoms with van der Waals surface area (Å²) >= 11 is 7.13. The van der Waals surface area contributed by atoms with Crippen LogP contribution < -0.4 is 0 Å². The Morgan fingerprint density at radius 1 is 1.60 bits per heavy atom. The topological polar surface area (TPSA) is 46.6 Å². The summed E-state index contributed by atoms with van der Waals surface area (Å²) in [6.45, 7) is 2.66. The molecule has 0 bridgehead atoms. The van der Waals surface area contributed by atoms with E-state index in [-0.39, 0.29) is 17.8 Å². The third kappa shape index (κ3) is 3.28. The lowest BCUT2D eigenvalue weighted by atomic mass is 10.2. The Bertz CT molecular complexity index is 250. The van der Waals surface area contributed by atoms with Crippen LogP contribution >= 0.6 is 23.4 Å². The van der Waals surface area contributed by atoms with Gasteiger partial charge in [-0.3, -0.25) is 4.79 Å². The minimum Gasteiger partial charge on any atom is -0.464 e. The van der Waals surface area contributed by atoms with Crippen LogP contribution in [0.25, 0.3) is 0 Å². The van der Waals surface area contributed by atoms with Crippen LogP contribution in [0.15, 0.2) is 0 Å². The van der Waals surface area contributed by atoms with Gasteiger partial charge in [-0.05, 0) is 6.92 Å². The van der Waals surface area contributed by atoms with E-state index in [0.29, 0.717) is 18.9 Å². The molecule has 6 heteroatoms. The van der Waals surface area contributed by atoms with Crippen LogP contribution in [0.2, 0.25) is 0 Å². The fraction of sp³-hybridized carbons (Fsp3) is 0.778. The number of halogens is 1. The number of hydrogen-bond acceptors (Lipinski definition) is 4. The van der Waals surface area contributed by atoms with Crippen molar-refractivity contribution in [1.29, 1.82) is 0 Å². The van der Waals surface area contributed by atoms with E-state index in [1.54, 1.807) is 18.7 Å². The van der Waals surface area contributed by atoms with E-state index in [1.807, 2.05) is 0 Å². The second-order valence-corrected chi connectivity index (χ2v) is 4.48. The molecule has 1 atom stereocenters. The van der Waals surface area contributed by atoms with Gasteiger partial charge in [-0.25, -0.2) is 4.79 Å². The summed E-state index contributed by atoms with van der Waals surface area (Å²) in [6, 6.07) is -0.463. The van der Waals surface area contributed by atoms with Gasteiger partial charge in [0.2, 0.25) is 5.91 Å². The van der Waals surface area contributed by atoms with E-state index in [0.717, 1.165) is 5.75 Å². The summed E-state index contributed by atoms with van der Waals surface area (Å²) in [4.78, 5) is 24.5. The van der Waals surface area contributed by atoms with Gasteiger partial charge in [0.05, 0.1) is 6.61 Å². The van der Waals surface area contributed by atoms with E-state index < -0.39 is 6.04 Å². The maximum Gasteiger partial charge on any atom is 0.329 e. The van der Waals surface area contributed by atoms with Gasteiger partial charge >= 0.3 is 5.97 Å². The number of nitrogens with zero attached hydrogens (tertiary/aromatic N) is 1. The van der Waals surface area contributed by atoms with Crippen molar-refractivity contribution in [1.82, 2.24) is 4.90 Å². The average Bonchev–Trinajstić information content (AvgIpc) is 2.28. The molecule has 1 heterocycles. The van der Waals surface area contributed by atoms with E-state index in [1.165, 1.54) is 4.90 Å². The summed E-state index contributed by atoms with van der Waals surface area (Å²) in [7, 11) is 0. The van der Waals surface area contributed by atoms with Gasteiger partial charge in [0.25, 0.3) is 0 Å². The van der Waals surface area contributed by atoms with Crippen molar-refractivity contribution >= 4 is 35.2 Å². The number of amides is 1. The Morgan fingerprint density at radius 2 is 2.33 bits per heavy atom. The van der Waals surface area contributed by atoms with Crippen LogP contribution in [-0.4, -0.2) is 53.4 Å². The van der Waals surface area contributed by atoms with Gasteiger partial charge in [0.15, 0.2) is 0 Å². The molecule has 1 unspecified atom stereocenters. The summed E-state index contributed by atoms with van der Waals surface area (Å²) < 4.78 is 4.92. The first-order valence-corrected chi connectivity index (χ1v) is 6.49. The summed E-state index contributed by atoms with van der Waals surface area (Å²) in [5.41, 5.74) is 0. The highest BCUT2D eigenvalue weighted by atomic mass is 35.5. The summed E-state index contributed by atoms with van der Waals surface area (Å²) in [5, 5.41) is 0. The molecule has 86 valence electrons. The number of alkyl halides is 1. The molecule has 0 radical (unpaired) electrons. The molecule has 1 aliphatic heterocycles. The molecule has 0 N–H and O–H groups in total. The molecule has 1 fully saturated rings. The zero-order valence-corrected chi connectivity index (χ0v) is 10.1. The highest BCUT2D eigenvalue weighted by Gasteiger charge is 2.32. The van der Waals surface area contributed by atoms with Crippen molar-refractivity contribution in [3.05, 3.63) is 0 Å². The molecule has 0 aliphatic carbocycles. The van der Waals surface area contributed by atoms with E-state index in [4.69, 9.17) is 16.3 Å². The molecule has 1 rings (SSSR count). The average molecular weight is 252 g/mol. The maximum absolute atomic E-state index is 11.6. The third-order valence-corrected chi connectivity index (χ3v) is 3.37. The molecule has 1 saturated heterocycles. The number of carbonyl (C=O) groups is 2. The predicted molar refractivity (Wildman–Crippen MR) is 60.2 cm³/mol. The standard InChI is InChI=1S/C9H14ClNO3S/c1-2-14-9(13)7-6-15-4-3-11(7)8(12)5-10/h7H,2-6H2,1H3. The Hall–Kier alpha value is -0.420. The quantitative estimate of drug-likeness (QED) is 0.548. The van der Waals surface area contributed by atoms with Crippen LogP contribution in [-0.2, 0) is 14.3 Å². The SMILES string of the molecule is CCOC(=O)C1CSCCN1C(=O)CCl. The van der Waals surface area contributed by atoms with Crippen molar-refractivity contribution in [3.8, 4) is 0 Å². The first-order chi connectivity index (χ1) is 7.20. The van der Waals surface area contributed by atoms with Crippen molar-refractivity contribution in [2.75, 3.05) is 30.5 Å². The predicted octanol–water partition coefficient (Wildman–Crippen LogP) is 0.732. The van der Waals surface area contributed by atoms with E-state index in [9.17, 15) is 9.59 Å². The van der Waals surface area contributed by atoms with Crippen LogP contribution in [0.1, 0.15) is 6.92 Å². The smallest absolute Gasteiger partial charge is 0.329 e. The van der Waals surface area contributed by atoms with Crippen LogP contribution in [0.5, 0.6) is 0 Å². The summed E-state index contributed by atoms with van der Waals surface area (Å²) in [6.07, 6.45) is 0. The normalized spacial score (nSPS) is 21.2. The van der Waals surface area contributed by atoms with E-state index >= 15 is 0 Å². The zero-order valence-electron chi connectivity index (χ0n) is 8.57.